The highest BCUT2D eigenvalue weighted by Crippen LogP contribution is 2.47. The van der Waals surface area contributed by atoms with E-state index in [-0.39, 0.29) is 0 Å². The Bertz CT molecular complexity index is 1510. The molecule has 6 aromatic rings. The van der Waals surface area contributed by atoms with Gasteiger partial charge >= 0.3 is 0 Å². The Balaban J connectivity index is 1.29. The predicted octanol–water partition coefficient (Wildman–Crippen LogP) is 6.93. The van der Waals surface area contributed by atoms with Gasteiger partial charge in [-0.05, 0) is 0 Å². The van der Waals surface area contributed by atoms with Gasteiger partial charge in [0.15, 0.2) is 0 Å². The molecule has 1 N–H and O–H groups in total. The van der Waals surface area contributed by atoms with E-state index in [1.807, 2.05) is 0 Å². The summed E-state index contributed by atoms with van der Waals surface area (Å²) in [5.41, 5.74) is 0. The first kappa shape index (κ1) is 30.8. The van der Waals surface area contributed by atoms with E-state index < -0.39 is 14.1 Å². The van der Waals surface area contributed by atoms with E-state index in [1.54, 1.807) is 0 Å². The summed E-state index contributed by atoms with van der Waals surface area (Å²) >= 11 is 0. The summed E-state index contributed by atoms with van der Waals surface area (Å²) in [5.74, 6) is 0. The van der Waals surface area contributed by atoms with Gasteiger partial charge in [-0.15, -0.1) is 0 Å². The van der Waals surface area contributed by atoms with Crippen molar-refractivity contribution in [1.82, 2.24) is 5.32 Å². The Labute approximate surface area is 268 Å². The summed E-state index contributed by atoms with van der Waals surface area (Å²) in [6.07, 6.45) is 0. The number of hydrogen-bond acceptors (Lipinski definition) is 3. The zero-order valence-corrected chi connectivity index (χ0v) is 27.2. The van der Waals surface area contributed by atoms with Crippen LogP contribution in [0.15, 0.2) is 191 Å². The Morgan fingerprint density at radius 3 is 0.711 bits per heavy atom. The molecule has 0 bridgehead atoms. The van der Waals surface area contributed by atoms with Crippen molar-refractivity contribution < 1.29 is 0 Å². The van der Waals surface area contributed by atoms with Crippen molar-refractivity contribution >= 4 is 45.9 Å². The molecule has 0 aromatic heterocycles. The summed E-state index contributed by atoms with van der Waals surface area (Å²) in [5, 5.41) is 11.4. The maximum atomic E-state index is 5.58. The molecule has 0 aliphatic carbocycles. The van der Waals surface area contributed by atoms with E-state index >= 15 is 0 Å². The van der Waals surface area contributed by atoms with Gasteiger partial charge in [0, 0.05) is 44.9 Å². The molecule has 0 atom stereocenters. The molecule has 0 radical (unpaired) electrons. The van der Waals surface area contributed by atoms with Crippen LogP contribution in [0.3, 0.4) is 0 Å². The zero-order chi connectivity index (χ0) is 30.6. The smallest absolute Gasteiger partial charge is 0.0548 e. The van der Waals surface area contributed by atoms with E-state index in [2.05, 4.69) is 187 Å². The molecule has 224 valence electrons. The summed E-state index contributed by atoms with van der Waals surface area (Å²) < 4.78 is 11.2. The minimum absolute atomic E-state index is 0.711. The highest BCUT2D eigenvalue weighted by Gasteiger charge is 2.27. The molecule has 6 rings (SSSR count). The summed E-state index contributed by atoms with van der Waals surface area (Å²) in [7, 11) is -4.38. The minimum Gasteiger partial charge on any atom is -0.313 e. The van der Waals surface area contributed by atoms with E-state index in [0.29, 0.717) is 13.1 Å². The third-order valence-electron chi connectivity index (χ3n) is 7.98. The maximum Gasteiger partial charge on any atom is 0.0548 e. The molecule has 0 heterocycles. The Morgan fingerprint density at radius 2 is 0.511 bits per heavy atom. The number of benzene rings is 6. The fraction of sp³-hybridized carbons (Fsp3) is 0.100. The number of nitrogens with one attached hydrogen (secondary N) is 1. The second kappa shape index (κ2) is 15.2. The fourth-order valence-corrected chi connectivity index (χ4v) is 13.1. The quantitative estimate of drug-likeness (QED) is 0.117. The van der Waals surface area contributed by atoms with Crippen LogP contribution in [-0.4, -0.2) is 26.2 Å². The fourth-order valence-electron chi connectivity index (χ4n) is 5.93. The van der Waals surface area contributed by atoms with Crippen molar-refractivity contribution in [2.75, 3.05) is 26.2 Å². The molecule has 0 saturated carbocycles. The van der Waals surface area contributed by atoms with Gasteiger partial charge < -0.3 is 5.32 Å². The third-order valence-corrected chi connectivity index (χ3v) is 15.5. The van der Waals surface area contributed by atoms with Gasteiger partial charge in [-0.3, -0.25) is 9.49 Å². The second-order valence-corrected chi connectivity index (χ2v) is 17.0. The van der Waals surface area contributed by atoms with Crippen LogP contribution in [0.1, 0.15) is 0 Å². The van der Waals surface area contributed by atoms with Crippen molar-refractivity contribution in [2.24, 2.45) is 9.49 Å². The van der Waals surface area contributed by atoms with Crippen LogP contribution in [0.4, 0.5) is 0 Å². The largest absolute Gasteiger partial charge is 0.313 e. The molecular weight excluding hydrogens is 584 g/mol. The summed E-state index contributed by atoms with van der Waals surface area (Å²) in [6.45, 7) is 3.00. The number of rotatable bonds is 12. The van der Waals surface area contributed by atoms with Crippen molar-refractivity contribution in [1.29, 1.82) is 0 Å². The average molecular weight is 624 g/mol. The molecule has 3 nitrogen and oxygen atoms in total. The molecule has 0 saturated heterocycles. The molecule has 0 aliphatic heterocycles. The van der Waals surface area contributed by atoms with Crippen LogP contribution in [0, 0.1) is 0 Å². The van der Waals surface area contributed by atoms with E-state index in [9.17, 15) is 0 Å². The van der Waals surface area contributed by atoms with Crippen molar-refractivity contribution in [2.45, 2.75) is 0 Å². The van der Waals surface area contributed by atoms with Gasteiger partial charge in [0.1, 0.15) is 0 Å². The Hall–Kier alpha value is -4.26. The van der Waals surface area contributed by atoms with Gasteiger partial charge in [0.05, 0.1) is 27.2 Å². The molecule has 0 fully saturated rings. The lowest BCUT2D eigenvalue weighted by molar-refractivity contribution is 0.701. The first-order valence-electron chi connectivity index (χ1n) is 15.5. The van der Waals surface area contributed by atoms with Gasteiger partial charge in [-0.1, -0.05) is 182 Å². The number of hydrogen-bond donors (Lipinski definition) is 1. The highest BCUT2D eigenvalue weighted by molar-refractivity contribution is 7.87. The first-order valence-corrected chi connectivity index (χ1v) is 19.0. The first-order chi connectivity index (χ1) is 22.3. The van der Waals surface area contributed by atoms with E-state index in [0.717, 1.165) is 13.1 Å². The lowest BCUT2D eigenvalue weighted by Gasteiger charge is -2.27. The summed E-state index contributed by atoms with van der Waals surface area (Å²) in [4.78, 5) is 0. The highest BCUT2D eigenvalue weighted by atomic mass is 31.2. The monoisotopic (exact) mass is 623 g/mol. The number of nitrogens with zero attached hydrogens (tertiary/aromatic N) is 2. The average Bonchev–Trinajstić information content (AvgIpc) is 3.13. The molecular formula is C40H39N3P2. The third kappa shape index (κ3) is 6.73. The van der Waals surface area contributed by atoms with Gasteiger partial charge in [0.25, 0.3) is 0 Å². The van der Waals surface area contributed by atoms with Crippen molar-refractivity contribution in [3.05, 3.63) is 182 Å². The van der Waals surface area contributed by atoms with E-state index in [1.165, 1.54) is 31.8 Å². The topological polar surface area (TPSA) is 36.8 Å². The van der Waals surface area contributed by atoms with Gasteiger partial charge in [-0.2, -0.15) is 0 Å². The molecule has 0 spiro atoms. The van der Waals surface area contributed by atoms with E-state index in [4.69, 9.17) is 9.49 Å². The minimum atomic E-state index is -2.19. The van der Waals surface area contributed by atoms with Gasteiger partial charge in [0.2, 0.25) is 0 Å². The van der Waals surface area contributed by atoms with Crippen LogP contribution >= 0.6 is 14.1 Å². The van der Waals surface area contributed by atoms with Crippen LogP contribution in [0.25, 0.3) is 0 Å². The predicted molar refractivity (Wildman–Crippen MR) is 198 cm³/mol. The molecule has 0 aliphatic rings. The lowest BCUT2D eigenvalue weighted by atomic mass is 10.4. The normalized spacial score (nSPS) is 11.6. The molecule has 0 amide bonds. The second-order valence-electron chi connectivity index (χ2n) is 10.8. The SMILES string of the molecule is c1ccc(P(=NCCNCCN=P(c2ccccc2)(c2ccccc2)c2ccccc2)(c2ccccc2)c2ccccc2)cc1. The Kier molecular flexibility index (Phi) is 10.4. The lowest BCUT2D eigenvalue weighted by Crippen LogP contribution is -2.28. The van der Waals surface area contributed by atoms with Crippen molar-refractivity contribution in [3.63, 3.8) is 0 Å². The Morgan fingerprint density at radius 1 is 0.311 bits per heavy atom. The van der Waals surface area contributed by atoms with Crippen LogP contribution in [-0.2, 0) is 0 Å². The molecule has 5 heteroatoms. The van der Waals surface area contributed by atoms with Crippen LogP contribution in [0.5, 0.6) is 0 Å². The van der Waals surface area contributed by atoms with Crippen LogP contribution in [0.2, 0.25) is 0 Å². The molecule has 0 unspecified atom stereocenters. The standard InChI is InChI=1S/C40H39N3P2/c1-7-19-35(20-8-1)44(36-21-9-2-10-22-36,37-23-11-3-12-24-37)42-33-31-41-32-34-43-45(38-25-13-4-14-26-38,39-27-15-5-16-28-39)40-29-17-6-18-30-40/h1-30,41H,31-34H2. The molecule has 6 aromatic carbocycles. The maximum absolute atomic E-state index is 5.58. The zero-order valence-electron chi connectivity index (χ0n) is 25.4. The summed E-state index contributed by atoms with van der Waals surface area (Å²) in [6, 6.07) is 65.0. The van der Waals surface area contributed by atoms with Crippen LogP contribution < -0.4 is 37.1 Å². The molecule has 45 heavy (non-hydrogen) atoms. The van der Waals surface area contributed by atoms with Crippen molar-refractivity contribution in [3.8, 4) is 0 Å². The van der Waals surface area contributed by atoms with Gasteiger partial charge in [-0.25, -0.2) is 0 Å².